The molecule has 8 nitrogen and oxygen atoms in total. The lowest BCUT2D eigenvalue weighted by Crippen LogP contribution is -2.39. The molecule has 0 spiro atoms. The molecule has 1 saturated heterocycles. The Labute approximate surface area is 115 Å². The van der Waals surface area contributed by atoms with E-state index in [2.05, 4.69) is 15.8 Å². The van der Waals surface area contributed by atoms with E-state index in [4.69, 9.17) is 4.52 Å². The number of carbonyl (C=O) groups excluding carboxylic acids is 3. The highest BCUT2D eigenvalue weighted by Gasteiger charge is 2.40. The lowest BCUT2D eigenvalue weighted by atomic mass is 10.1. The van der Waals surface area contributed by atoms with Crippen molar-refractivity contribution >= 4 is 23.7 Å². The first-order valence-corrected chi connectivity index (χ1v) is 6.23. The second-order valence-corrected chi connectivity index (χ2v) is 4.97. The number of nitrogens with zero attached hydrogens (tertiary/aromatic N) is 2. The fourth-order valence-electron chi connectivity index (χ4n) is 1.89. The Morgan fingerprint density at radius 3 is 2.75 bits per heavy atom. The van der Waals surface area contributed by atoms with E-state index in [1.165, 1.54) is 0 Å². The second-order valence-electron chi connectivity index (χ2n) is 4.97. The molecule has 1 aliphatic heterocycles. The van der Waals surface area contributed by atoms with Gasteiger partial charge in [-0.05, 0) is 12.8 Å². The Bertz CT molecular complexity index is 551. The average Bonchev–Trinajstić information content (AvgIpc) is 2.87. The van der Waals surface area contributed by atoms with Crippen molar-refractivity contribution in [3.63, 3.8) is 0 Å². The van der Waals surface area contributed by atoms with E-state index in [1.54, 1.807) is 13.0 Å². The molecular weight excluding hydrogens is 264 g/mol. The van der Waals surface area contributed by atoms with Crippen LogP contribution in [0.1, 0.15) is 19.6 Å². The summed E-state index contributed by atoms with van der Waals surface area (Å²) in [5.41, 5.74) is 0. The number of anilines is 1. The van der Waals surface area contributed by atoms with Crippen LogP contribution < -0.4 is 10.6 Å². The molecule has 0 aromatic carbocycles. The molecule has 2 N–H and O–H groups in total. The highest BCUT2D eigenvalue weighted by atomic mass is 16.5. The second kappa shape index (κ2) is 5.32. The quantitative estimate of drug-likeness (QED) is 0.781. The lowest BCUT2D eigenvalue weighted by molar-refractivity contribution is -0.131. The maximum Gasteiger partial charge on any atom is 0.325 e. The van der Waals surface area contributed by atoms with Crippen LogP contribution in [0.2, 0.25) is 0 Å². The largest absolute Gasteiger partial charge is 0.360 e. The molecule has 1 atom stereocenters. The summed E-state index contributed by atoms with van der Waals surface area (Å²) in [6, 6.07) is 0.408. The molecule has 8 heteroatoms. The first kappa shape index (κ1) is 14.0. The number of urea groups is 1. The van der Waals surface area contributed by atoms with Gasteiger partial charge < -0.3 is 15.2 Å². The van der Waals surface area contributed by atoms with Gasteiger partial charge in [0.1, 0.15) is 18.3 Å². The van der Waals surface area contributed by atoms with E-state index in [0.717, 1.165) is 4.90 Å². The maximum atomic E-state index is 12.0. The van der Waals surface area contributed by atoms with Crippen LogP contribution in [0.15, 0.2) is 10.6 Å². The molecule has 1 aromatic rings. The van der Waals surface area contributed by atoms with Crippen LogP contribution in [0.25, 0.3) is 0 Å². The molecule has 20 heavy (non-hydrogen) atoms. The van der Waals surface area contributed by atoms with Crippen LogP contribution >= 0.6 is 0 Å². The first-order chi connectivity index (χ1) is 9.38. The van der Waals surface area contributed by atoms with Gasteiger partial charge in [0.2, 0.25) is 5.91 Å². The molecule has 2 heterocycles. The molecule has 1 aromatic heterocycles. The number of hydrogen-bond acceptors (Lipinski definition) is 5. The fraction of sp³-hybridized carbons (Fsp3) is 0.500. The van der Waals surface area contributed by atoms with Crippen LogP contribution in [-0.4, -0.2) is 40.5 Å². The number of amides is 4. The zero-order valence-electron chi connectivity index (χ0n) is 11.5. The standard InChI is InChI=1S/C12H16N4O4/c1-6(2)10-11(18)16(12(19)14-10)5-9(17)13-8-4-7(3)20-15-8/h4,6,10H,5H2,1-3H3,(H,14,19)(H,13,15,17). The van der Waals surface area contributed by atoms with Gasteiger partial charge in [0.25, 0.3) is 5.91 Å². The number of rotatable bonds is 4. The Hall–Kier alpha value is -2.38. The summed E-state index contributed by atoms with van der Waals surface area (Å²) in [5.74, 6) is -0.129. The van der Waals surface area contributed by atoms with E-state index in [0.29, 0.717) is 5.76 Å². The predicted molar refractivity (Wildman–Crippen MR) is 68.7 cm³/mol. The van der Waals surface area contributed by atoms with Crippen molar-refractivity contribution in [3.8, 4) is 0 Å². The Kier molecular flexibility index (Phi) is 3.73. The van der Waals surface area contributed by atoms with Gasteiger partial charge in [-0.15, -0.1) is 0 Å². The minimum Gasteiger partial charge on any atom is -0.360 e. The first-order valence-electron chi connectivity index (χ1n) is 6.23. The van der Waals surface area contributed by atoms with Crippen molar-refractivity contribution in [3.05, 3.63) is 11.8 Å². The normalized spacial score (nSPS) is 18.6. The summed E-state index contributed by atoms with van der Waals surface area (Å²) in [6.45, 7) is 4.99. The van der Waals surface area contributed by atoms with E-state index >= 15 is 0 Å². The van der Waals surface area contributed by atoms with Crippen LogP contribution in [0, 0.1) is 12.8 Å². The average molecular weight is 280 g/mol. The Morgan fingerprint density at radius 2 is 2.25 bits per heavy atom. The van der Waals surface area contributed by atoms with Crippen molar-refractivity contribution in [2.45, 2.75) is 26.8 Å². The minimum absolute atomic E-state index is 0.0299. The molecule has 1 unspecified atom stereocenters. The maximum absolute atomic E-state index is 12.0. The number of imide groups is 1. The van der Waals surface area contributed by atoms with Crippen molar-refractivity contribution < 1.29 is 18.9 Å². The molecule has 108 valence electrons. The third-order valence-electron chi connectivity index (χ3n) is 2.92. The summed E-state index contributed by atoms with van der Waals surface area (Å²) >= 11 is 0. The summed E-state index contributed by atoms with van der Waals surface area (Å²) in [5, 5.41) is 8.61. The molecule has 0 saturated carbocycles. The molecule has 2 rings (SSSR count). The Morgan fingerprint density at radius 1 is 1.55 bits per heavy atom. The van der Waals surface area contributed by atoms with Gasteiger partial charge in [0, 0.05) is 6.07 Å². The molecule has 0 radical (unpaired) electrons. The zero-order valence-corrected chi connectivity index (χ0v) is 11.5. The van der Waals surface area contributed by atoms with Crippen molar-refractivity contribution in [1.82, 2.24) is 15.4 Å². The van der Waals surface area contributed by atoms with Gasteiger partial charge in [0.05, 0.1) is 0 Å². The van der Waals surface area contributed by atoms with Gasteiger partial charge in [-0.3, -0.25) is 14.5 Å². The third-order valence-corrected chi connectivity index (χ3v) is 2.92. The third kappa shape index (κ3) is 2.79. The highest BCUT2D eigenvalue weighted by molar-refractivity contribution is 6.07. The molecule has 1 aliphatic rings. The van der Waals surface area contributed by atoms with Gasteiger partial charge in [-0.25, -0.2) is 4.79 Å². The summed E-state index contributed by atoms with van der Waals surface area (Å²) in [4.78, 5) is 36.3. The van der Waals surface area contributed by atoms with Crippen molar-refractivity contribution in [1.29, 1.82) is 0 Å². The van der Waals surface area contributed by atoms with E-state index in [-0.39, 0.29) is 18.3 Å². The van der Waals surface area contributed by atoms with Gasteiger partial charge in [0.15, 0.2) is 5.82 Å². The molecule has 0 bridgehead atoms. The zero-order chi connectivity index (χ0) is 14.9. The van der Waals surface area contributed by atoms with Crippen molar-refractivity contribution in [2.75, 3.05) is 11.9 Å². The summed E-state index contributed by atoms with van der Waals surface area (Å²) in [7, 11) is 0. The molecule has 0 aliphatic carbocycles. The number of hydrogen-bond donors (Lipinski definition) is 2. The number of aryl methyl sites for hydroxylation is 1. The van der Waals surface area contributed by atoms with E-state index in [1.807, 2.05) is 13.8 Å². The van der Waals surface area contributed by atoms with Crippen molar-refractivity contribution in [2.24, 2.45) is 5.92 Å². The highest BCUT2D eigenvalue weighted by Crippen LogP contribution is 2.14. The Balaban J connectivity index is 1.97. The number of nitrogens with one attached hydrogen (secondary N) is 2. The number of aromatic nitrogens is 1. The van der Waals surface area contributed by atoms with E-state index < -0.39 is 23.9 Å². The lowest BCUT2D eigenvalue weighted by Gasteiger charge is -2.13. The van der Waals surface area contributed by atoms with Crippen LogP contribution in [0.4, 0.5) is 10.6 Å². The van der Waals surface area contributed by atoms with Gasteiger partial charge in [-0.1, -0.05) is 19.0 Å². The van der Waals surface area contributed by atoms with Gasteiger partial charge in [-0.2, -0.15) is 0 Å². The molecule has 1 fully saturated rings. The SMILES string of the molecule is Cc1cc(NC(=O)CN2C(=O)NC(C(C)C)C2=O)no1. The monoisotopic (exact) mass is 280 g/mol. The van der Waals surface area contributed by atoms with Crippen LogP contribution in [0.5, 0.6) is 0 Å². The number of carbonyl (C=O) groups is 3. The van der Waals surface area contributed by atoms with Crippen LogP contribution in [-0.2, 0) is 9.59 Å². The smallest absolute Gasteiger partial charge is 0.325 e. The molecule has 4 amide bonds. The summed E-state index contributed by atoms with van der Waals surface area (Å²) < 4.78 is 4.80. The molecular formula is C12H16N4O4. The summed E-state index contributed by atoms with van der Waals surface area (Å²) in [6.07, 6.45) is 0. The van der Waals surface area contributed by atoms with E-state index in [9.17, 15) is 14.4 Å². The topological polar surface area (TPSA) is 105 Å². The minimum atomic E-state index is -0.579. The van der Waals surface area contributed by atoms with Crippen LogP contribution in [0.3, 0.4) is 0 Å². The fourth-order valence-corrected chi connectivity index (χ4v) is 1.89. The predicted octanol–water partition coefficient (Wildman–Crippen LogP) is 0.498. The van der Waals surface area contributed by atoms with Gasteiger partial charge >= 0.3 is 6.03 Å².